The maximum absolute atomic E-state index is 12.3. The molecule has 0 atom stereocenters. The molecule has 122 valence electrons. The van der Waals surface area contributed by atoms with Crippen LogP contribution in [0.25, 0.3) is 11.0 Å². The Labute approximate surface area is 156 Å². The molecule has 1 amide bonds. The van der Waals surface area contributed by atoms with Crippen LogP contribution in [0.1, 0.15) is 16.2 Å². The van der Waals surface area contributed by atoms with Crippen LogP contribution in [0.3, 0.4) is 0 Å². The maximum Gasteiger partial charge on any atom is 0.251 e. The van der Waals surface area contributed by atoms with Crippen molar-refractivity contribution in [3.63, 3.8) is 0 Å². The molecule has 0 aliphatic heterocycles. The van der Waals surface area contributed by atoms with Gasteiger partial charge in [0.1, 0.15) is 5.82 Å². The maximum atomic E-state index is 12.3. The van der Waals surface area contributed by atoms with Gasteiger partial charge >= 0.3 is 0 Å². The fourth-order valence-corrected chi connectivity index (χ4v) is 3.15. The van der Waals surface area contributed by atoms with Crippen molar-refractivity contribution in [3.05, 3.63) is 75.5 Å². The Morgan fingerprint density at radius 3 is 2.75 bits per heavy atom. The molecular formula is C18H15Br2N3O. The number of rotatable bonds is 5. The van der Waals surface area contributed by atoms with Gasteiger partial charge in [-0.2, -0.15) is 0 Å². The van der Waals surface area contributed by atoms with Gasteiger partial charge in [-0.3, -0.25) is 4.79 Å². The lowest BCUT2D eigenvalue weighted by atomic mass is 10.2. The molecule has 0 saturated heterocycles. The number of imidazole rings is 1. The first kappa shape index (κ1) is 16.9. The predicted molar refractivity (Wildman–Crippen MR) is 103 cm³/mol. The van der Waals surface area contributed by atoms with E-state index in [1.165, 1.54) is 0 Å². The molecule has 0 radical (unpaired) electrons. The Morgan fingerprint density at radius 1 is 1.21 bits per heavy atom. The van der Waals surface area contributed by atoms with E-state index in [1.54, 1.807) is 12.1 Å². The van der Waals surface area contributed by atoms with Gasteiger partial charge in [0.2, 0.25) is 0 Å². The quantitative estimate of drug-likeness (QED) is 0.618. The molecule has 0 saturated carbocycles. The Morgan fingerprint density at radius 2 is 2.00 bits per heavy atom. The summed E-state index contributed by atoms with van der Waals surface area (Å²) in [5, 5.41) is 2.93. The first-order chi connectivity index (χ1) is 11.5. The topological polar surface area (TPSA) is 46.9 Å². The van der Waals surface area contributed by atoms with Crippen LogP contribution in [0.2, 0.25) is 0 Å². The monoisotopic (exact) mass is 447 g/mol. The fourth-order valence-electron chi connectivity index (χ4n) is 2.50. The molecule has 2 aromatic carbocycles. The molecule has 4 nitrogen and oxygen atoms in total. The van der Waals surface area contributed by atoms with Gasteiger partial charge in [0.05, 0.1) is 24.1 Å². The number of para-hydroxylation sites is 2. The highest BCUT2D eigenvalue weighted by molar-refractivity contribution is 9.11. The van der Waals surface area contributed by atoms with Gasteiger partial charge in [-0.05, 0) is 30.3 Å². The second kappa shape index (κ2) is 7.32. The van der Waals surface area contributed by atoms with Crippen LogP contribution in [0.4, 0.5) is 0 Å². The van der Waals surface area contributed by atoms with Crippen LogP contribution < -0.4 is 5.32 Å². The van der Waals surface area contributed by atoms with Crippen molar-refractivity contribution in [2.45, 2.75) is 13.1 Å². The van der Waals surface area contributed by atoms with Crippen LogP contribution in [-0.4, -0.2) is 15.5 Å². The molecule has 1 aromatic heterocycles. The summed E-state index contributed by atoms with van der Waals surface area (Å²) in [6.45, 7) is 4.85. The van der Waals surface area contributed by atoms with Gasteiger partial charge in [-0.1, -0.05) is 56.6 Å². The normalized spacial score (nSPS) is 10.8. The summed E-state index contributed by atoms with van der Waals surface area (Å²) >= 11 is 6.78. The number of halogens is 2. The van der Waals surface area contributed by atoms with E-state index in [9.17, 15) is 4.79 Å². The number of allylic oxidation sites excluding steroid dienone is 1. The highest BCUT2D eigenvalue weighted by atomic mass is 79.9. The van der Waals surface area contributed by atoms with Crippen LogP contribution in [0, 0.1) is 0 Å². The smallest absolute Gasteiger partial charge is 0.251 e. The molecule has 0 spiro atoms. The molecule has 6 heteroatoms. The minimum Gasteiger partial charge on any atom is -0.345 e. The van der Waals surface area contributed by atoms with Crippen LogP contribution in [0.15, 0.2) is 64.1 Å². The van der Waals surface area contributed by atoms with E-state index in [1.807, 2.05) is 41.0 Å². The first-order valence-electron chi connectivity index (χ1n) is 7.36. The molecule has 3 rings (SSSR count). The van der Waals surface area contributed by atoms with E-state index in [-0.39, 0.29) is 5.91 Å². The van der Waals surface area contributed by atoms with Crippen molar-refractivity contribution in [1.29, 1.82) is 0 Å². The third-order valence-corrected chi connectivity index (χ3v) is 4.30. The average molecular weight is 449 g/mol. The lowest BCUT2D eigenvalue weighted by Crippen LogP contribution is -2.24. The van der Waals surface area contributed by atoms with E-state index in [4.69, 9.17) is 0 Å². The summed E-state index contributed by atoms with van der Waals surface area (Å²) in [7, 11) is 0. The standard InChI is InChI=1S/C18H15Br2N3O/c1-12(19)11-23-16-8-3-2-7-15(16)22-17(23)10-21-18(24)13-5-4-6-14(20)9-13/h2-9H,1,10-11H2,(H,21,24). The molecule has 0 aliphatic rings. The highest BCUT2D eigenvalue weighted by Gasteiger charge is 2.12. The van der Waals surface area contributed by atoms with E-state index >= 15 is 0 Å². The summed E-state index contributed by atoms with van der Waals surface area (Å²) in [4.78, 5) is 16.9. The lowest BCUT2D eigenvalue weighted by molar-refractivity contribution is 0.0949. The second-order valence-electron chi connectivity index (χ2n) is 5.31. The molecule has 3 aromatic rings. The number of benzene rings is 2. The molecule has 0 unspecified atom stereocenters. The lowest BCUT2D eigenvalue weighted by Gasteiger charge is -2.09. The Kier molecular flexibility index (Phi) is 5.16. The Balaban J connectivity index is 1.84. The highest BCUT2D eigenvalue weighted by Crippen LogP contribution is 2.19. The first-order valence-corrected chi connectivity index (χ1v) is 8.94. The van der Waals surface area contributed by atoms with Gasteiger partial charge in [-0.25, -0.2) is 4.98 Å². The van der Waals surface area contributed by atoms with Gasteiger partial charge < -0.3 is 9.88 Å². The molecule has 1 heterocycles. The van der Waals surface area contributed by atoms with Crippen LogP contribution in [-0.2, 0) is 13.1 Å². The number of aromatic nitrogens is 2. The van der Waals surface area contributed by atoms with Gasteiger partial charge in [0.15, 0.2) is 0 Å². The molecule has 0 bridgehead atoms. The summed E-state index contributed by atoms with van der Waals surface area (Å²) in [5.74, 6) is 0.660. The van der Waals surface area contributed by atoms with Gasteiger partial charge in [0, 0.05) is 14.5 Å². The van der Waals surface area contributed by atoms with E-state index < -0.39 is 0 Å². The number of hydrogen-bond donors (Lipinski definition) is 1. The number of nitrogens with zero attached hydrogens (tertiary/aromatic N) is 2. The molecule has 0 aliphatic carbocycles. The van der Waals surface area contributed by atoms with Crippen molar-refractivity contribution >= 4 is 48.8 Å². The zero-order valence-electron chi connectivity index (χ0n) is 12.8. The number of fused-ring (bicyclic) bond motifs is 1. The zero-order valence-corrected chi connectivity index (χ0v) is 16.0. The van der Waals surface area contributed by atoms with Crippen molar-refractivity contribution in [2.75, 3.05) is 0 Å². The van der Waals surface area contributed by atoms with E-state index in [2.05, 4.69) is 48.7 Å². The minimum absolute atomic E-state index is 0.132. The number of hydrogen-bond acceptors (Lipinski definition) is 2. The number of amides is 1. The van der Waals surface area contributed by atoms with Gasteiger partial charge in [0.25, 0.3) is 5.91 Å². The predicted octanol–water partition coefficient (Wildman–Crippen LogP) is 4.64. The molecular weight excluding hydrogens is 434 g/mol. The second-order valence-corrected chi connectivity index (χ2v) is 7.35. The molecule has 1 N–H and O–H groups in total. The largest absolute Gasteiger partial charge is 0.345 e. The van der Waals surface area contributed by atoms with Crippen molar-refractivity contribution in [2.24, 2.45) is 0 Å². The zero-order chi connectivity index (χ0) is 17.1. The summed E-state index contributed by atoms with van der Waals surface area (Å²) in [6.07, 6.45) is 0. The van der Waals surface area contributed by atoms with Gasteiger partial charge in [-0.15, -0.1) is 0 Å². The third-order valence-electron chi connectivity index (χ3n) is 3.56. The van der Waals surface area contributed by atoms with Crippen LogP contribution >= 0.6 is 31.9 Å². The number of carbonyl (C=O) groups is 1. The van der Waals surface area contributed by atoms with Crippen molar-refractivity contribution in [1.82, 2.24) is 14.9 Å². The van der Waals surface area contributed by atoms with Crippen LogP contribution in [0.5, 0.6) is 0 Å². The van der Waals surface area contributed by atoms with E-state index in [0.29, 0.717) is 18.7 Å². The molecule has 24 heavy (non-hydrogen) atoms. The molecule has 0 fully saturated rings. The third kappa shape index (κ3) is 3.76. The number of nitrogens with one attached hydrogen (secondary N) is 1. The summed E-state index contributed by atoms with van der Waals surface area (Å²) < 4.78 is 3.77. The van der Waals surface area contributed by atoms with E-state index in [0.717, 1.165) is 25.8 Å². The summed E-state index contributed by atoms with van der Waals surface area (Å²) in [6, 6.07) is 15.2. The minimum atomic E-state index is -0.132. The van der Waals surface area contributed by atoms with Crippen molar-refractivity contribution in [3.8, 4) is 0 Å². The number of carbonyl (C=O) groups excluding carboxylic acids is 1. The Bertz CT molecular complexity index is 918. The fraction of sp³-hybridized carbons (Fsp3) is 0.111. The summed E-state index contributed by atoms with van der Waals surface area (Å²) in [5.41, 5.74) is 2.53. The SMILES string of the molecule is C=C(Br)Cn1c(CNC(=O)c2cccc(Br)c2)nc2ccccc21. The van der Waals surface area contributed by atoms with Crippen molar-refractivity contribution < 1.29 is 4.79 Å². The average Bonchev–Trinajstić information content (AvgIpc) is 2.90. The Hall–Kier alpha value is -1.92.